The number of carbonyl (C=O) groups is 1. The second-order valence-electron chi connectivity index (χ2n) is 3.99. The molecule has 1 saturated heterocycles. The fraction of sp³-hybridized carbons (Fsp3) is 0.417. The van der Waals surface area contributed by atoms with E-state index in [0.29, 0.717) is 13.0 Å². The number of nitrogens with one attached hydrogen (secondary N) is 1. The highest BCUT2D eigenvalue weighted by atomic mass is 19.3. The van der Waals surface area contributed by atoms with Crippen molar-refractivity contribution in [3.05, 3.63) is 23.8 Å². The van der Waals surface area contributed by atoms with E-state index in [2.05, 4.69) is 10.1 Å². The van der Waals surface area contributed by atoms with E-state index in [4.69, 9.17) is 4.74 Å². The largest absolute Gasteiger partial charge is 0.493 e. The van der Waals surface area contributed by atoms with E-state index in [1.54, 1.807) is 12.1 Å². The zero-order valence-corrected chi connectivity index (χ0v) is 9.78. The van der Waals surface area contributed by atoms with Crippen LogP contribution in [-0.4, -0.2) is 26.2 Å². The summed E-state index contributed by atoms with van der Waals surface area (Å²) < 4.78 is 33.7. The molecule has 0 spiro atoms. The zero-order valence-electron chi connectivity index (χ0n) is 9.78. The van der Waals surface area contributed by atoms with E-state index in [1.165, 1.54) is 13.2 Å². The predicted octanol–water partition coefficient (Wildman–Crippen LogP) is 1.90. The molecular weight excluding hydrogens is 244 g/mol. The number of rotatable bonds is 4. The molecule has 0 aliphatic carbocycles. The van der Waals surface area contributed by atoms with E-state index in [9.17, 15) is 13.6 Å². The third kappa shape index (κ3) is 2.69. The van der Waals surface area contributed by atoms with Crippen LogP contribution in [-0.2, 0) is 4.79 Å². The third-order valence-corrected chi connectivity index (χ3v) is 2.85. The topological polar surface area (TPSA) is 47.6 Å². The molecule has 0 aromatic heterocycles. The molecule has 1 aliphatic heterocycles. The average Bonchev–Trinajstić information content (AvgIpc) is 2.75. The molecule has 1 atom stereocenters. The number of ether oxygens (including phenoxy) is 2. The molecule has 1 fully saturated rings. The van der Waals surface area contributed by atoms with Gasteiger partial charge in [0, 0.05) is 18.9 Å². The van der Waals surface area contributed by atoms with E-state index in [0.717, 1.165) is 5.56 Å². The van der Waals surface area contributed by atoms with Crippen molar-refractivity contribution < 1.29 is 23.0 Å². The van der Waals surface area contributed by atoms with Crippen molar-refractivity contribution in [3.63, 3.8) is 0 Å². The van der Waals surface area contributed by atoms with E-state index in [1.807, 2.05) is 0 Å². The molecule has 1 aromatic carbocycles. The average molecular weight is 257 g/mol. The summed E-state index contributed by atoms with van der Waals surface area (Å²) in [5, 5.41) is 2.72. The van der Waals surface area contributed by atoms with Gasteiger partial charge in [0.25, 0.3) is 0 Å². The Hall–Kier alpha value is -1.85. The first-order valence-corrected chi connectivity index (χ1v) is 5.49. The Balaban J connectivity index is 2.21. The minimum Gasteiger partial charge on any atom is -0.493 e. The summed E-state index contributed by atoms with van der Waals surface area (Å²) in [6.07, 6.45) is 0.401. The molecular formula is C12H13F2NO3. The van der Waals surface area contributed by atoms with Gasteiger partial charge in [0.1, 0.15) is 0 Å². The number of carbonyl (C=O) groups excluding carboxylic acids is 1. The summed E-state index contributed by atoms with van der Waals surface area (Å²) in [7, 11) is 1.38. The van der Waals surface area contributed by atoms with Gasteiger partial charge in [-0.3, -0.25) is 4.79 Å². The lowest BCUT2D eigenvalue weighted by atomic mass is 9.98. The lowest BCUT2D eigenvalue weighted by molar-refractivity contribution is -0.119. The first-order chi connectivity index (χ1) is 8.60. The number of methoxy groups -OCH3 is 1. The second-order valence-corrected chi connectivity index (χ2v) is 3.99. The maximum absolute atomic E-state index is 12.2. The van der Waals surface area contributed by atoms with Crippen LogP contribution in [0.1, 0.15) is 17.9 Å². The summed E-state index contributed by atoms with van der Waals surface area (Å²) in [4.78, 5) is 11.1. The van der Waals surface area contributed by atoms with Gasteiger partial charge >= 0.3 is 6.61 Å². The molecule has 0 unspecified atom stereocenters. The first-order valence-electron chi connectivity index (χ1n) is 5.49. The fourth-order valence-electron chi connectivity index (χ4n) is 1.97. The minimum absolute atomic E-state index is 0.00599. The van der Waals surface area contributed by atoms with Crippen LogP contribution in [0.3, 0.4) is 0 Å². The quantitative estimate of drug-likeness (QED) is 0.896. The number of halogens is 2. The Morgan fingerprint density at radius 3 is 2.72 bits per heavy atom. The van der Waals surface area contributed by atoms with Gasteiger partial charge < -0.3 is 14.8 Å². The molecule has 0 saturated carbocycles. The Morgan fingerprint density at radius 1 is 1.39 bits per heavy atom. The number of alkyl halides is 2. The molecule has 1 aromatic rings. The molecule has 1 amide bonds. The van der Waals surface area contributed by atoms with Gasteiger partial charge in [-0.1, -0.05) is 6.07 Å². The first kappa shape index (κ1) is 12.6. The number of hydrogen-bond donors (Lipinski definition) is 1. The van der Waals surface area contributed by atoms with Crippen LogP contribution < -0.4 is 14.8 Å². The Bertz CT molecular complexity index is 451. The number of amides is 1. The van der Waals surface area contributed by atoms with Crippen molar-refractivity contribution in [1.29, 1.82) is 0 Å². The van der Waals surface area contributed by atoms with Gasteiger partial charge in [-0.25, -0.2) is 0 Å². The van der Waals surface area contributed by atoms with Crippen molar-refractivity contribution in [3.8, 4) is 11.5 Å². The minimum atomic E-state index is -2.89. The van der Waals surface area contributed by atoms with Crippen LogP contribution in [0.15, 0.2) is 18.2 Å². The molecule has 4 nitrogen and oxygen atoms in total. The maximum atomic E-state index is 12.2. The molecule has 98 valence electrons. The molecule has 2 rings (SSSR count). The molecule has 6 heteroatoms. The third-order valence-electron chi connectivity index (χ3n) is 2.85. The molecule has 1 aliphatic rings. The number of benzene rings is 1. The van der Waals surface area contributed by atoms with Crippen LogP contribution in [0.5, 0.6) is 11.5 Å². The van der Waals surface area contributed by atoms with Gasteiger partial charge in [-0.05, 0) is 17.7 Å². The summed E-state index contributed by atoms with van der Waals surface area (Å²) >= 11 is 0. The Morgan fingerprint density at radius 2 is 2.17 bits per heavy atom. The van der Waals surface area contributed by atoms with Crippen LogP contribution in [0.4, 0.5) is 8.78 Å². The normalized spacial score (nSPS) is 18.9. The van der Waals surface area contributed by atoms with Gasteiger partial charge in [0.2, 0.25) is 5.91 Å². The van der Waals surface area contributed by atoms with E-state index in [-0.39, 0.29) is 23.3 Å². The maximum Gasteiger partial charge on any atom is 0.387 e. The van der Waals surface area contributed by atoms with Crippen LogP contribution in [0, 0.1) is 0 Å². The van der Waals surface area contributed by atoms with Crippen molar-refractivity contribution >= 4 is 5.91 Å². The van der Waals surface area contributed by atoms with Crippen LogP contribution in [0.25, 0.3) is 0 Å². The van der Waals surface area contributed by atoms with Crippen molar-refractivity contribution in [2.24, 2.45) is 0 Å². The molecule has 1 N–H and O–H groups in total. The summed E-state index contributed by atoms with van der Waals surface area (Å²) in [5.41, 5.74) is 0.867. The monoisotopic (exact) mass is 257 g/mol. The van der Waals surface area contributed by atoms with Gasteiger partial charge in [-0.15, -0.1) is 0 Å². The Kier molecular flexibility index (Phi) is 3.64. The highest BCUT2D eigenvalue weighted by Crippen LogP contribution is 2.33. The van der Waals surface area contributed by atoms with E-state index >= 15 is 0 Å². The Labute approximate surface area is 103 Å². The van der Waals surface area contributed by atoms with Gasteiger partial charge in [0.15, 0.2) is 11.5 Å². The van der Waals surface area contributed by atoms with Crippen LogP contribution in [0.2, 0.25) is 0 Å². The smallest absolute Gasteiger partial charge is 0.387 e. The van der Waals surface area contributed by atoms with Crippen molar-refractivity contribution in [2.75, 3.05) is 13.7 Å². The number of hydrogen-bond acceptors (Lipinski definition) is 3. The highest BCUT2D eigenvalue weighted by molar-refractivity contribution is 5.79. The summed E-state index contributed by atoms with van der Waals surface area (Å²) in [5.74, 6) is 0.277. The molecule has 0 bridgehead atoms. The van der Waals surface area contributed by atoms with E-state index < -0.39 is 6.61 Å². The van der Waals surface area contributed by atoms with Crippen LogP contribution >= 0.6 is 0 Å². The van der Waals surface area contributed by atoms with Gasteiger partial charge in [0.05, 0.1) is 7.11 Å². The molecule has 0 radical (unpaired) electrons. The predicted molar refractivity (Wildman–Crippen MR) is 60.0 cm³/mol. The summed E-state index contributed by atoms with van der Waals surface area (Å²) in [6.45, 7) is -2.34. The van der Waals surface area contributed by atoms with Crippen molar-refractivity contribution in [2.45, 2.75) is 19.0 Å². The molecule has 18 heavy (non-hydrogen) atoms. The fourth-order valence-corrected chi connectivity index (χ4v) is 1.97. The molecule has 1 heterocycles. The zero-order chi connectivity index (χ0) is 13.1. The van der Waals surface area contributed by atoms with Crippen molar-refractivity contribution in [1.82, 2.24) is 5.32 Å². The lowest BCUT2D eigenvalue weighted by Gasteiger charge is -2.13. The second kappa shape index (κ2) is 5.20. The lowest BCUT2D eigenvalue weighted by Crippen LogP contribution is -2.13. The van der Waals surface area contributed by atoms with Gasteiger partial charge in [-0.2, -0.15) is 8.78 Å². The SMILES string of the molecule is COc1cc([C@@H]2CNC(=O)C2)ccc1OC(F)F. The standard InChI is InChI=1S/C12H13F2NO3/c1-17-10-4-7(8-5-11(16)15-6-8)2-3-9(10)18-12(13)14/h2-4,8,12H,5-6H2,1H3,(H,15,16)/t8-/m0/s1. The summed E-state index contributed by atoms with van der Waals surface area (Å²) in [6, 6.07) is 4.73. The highest BCUT2D eigenvalue weighted by Gasteiger charge is 2.24.